The highest BCUT2D eigenvalue weighted by Gasteiger charge is 2.36. The van der Waals surface area contributed by atoms with Crippen LogP contribution in [0.4, 0.5) is 4.79 Å². The molecule has 2 aliphatic heterocycles. The smallest absolute Gasteiger partial charge is 0.317 e. The monoisotopic (exact) mass is 293 g/mol. The van der Waals surface area contributed by atoms with Gasteiger partial charge < -0.3 is 10.2 Å². The van der Waals surface area contributed by atoms with Gasteiger partial charge in [0, 0.05) is 45.2 Å². The molecule has 0 aromatic carbocycles. The number of carbonyl (C=O) groups is 1. The molecule has 8 nitrogen and oxygen atoms in total. The van der Waals surface area contributed by atoms with Gasteiger partial charge in [-0.05, 0) is 36.7 Å². The molecule has 8 heteroatoms. The predicted octanol–water partition coefficient (Wildman–Crippen LogP) is -0.369. The molecular weight excluding hydrogens is 270 g/mol. The maximum absolute atomic E-state index is 12.3. The van der Waals surface area contributed by atoms with Crippen LogP contribution in [0.5, 0.6) is 0 Å². The predicted molar refractivity (Wildman–Crippen MR) is 76.7 cm³/mol. The standard InChI is InChI=1S/C13H23N7O/c1-10-8-19-7-3-4-11(19)9-20(10)13(21)14-6-5-12-15-16-17-18(12)2/h10-11H,3-9H2,1-2H3,(H,14,21). The number of nitrogens with one attached hydrogen (secondary N) is 1. The van der Waals surface area contributed by atoms with Gasteiger partial charge in [-0.1, -0.05) is 0 Å². The summed E-state index contributed by atoms with van der Waals surface area (Å²) < 4.78 is 1.63. The molecule has 2 aliphatic rings. The summed E-state index contributed by atoms with van der Waals surface area (Å²) in [5, 5.41) is 14.3. The number of amides is 2. The molecule has 0 bridgehead atoms. The normalized spacial score (nSPS) is 25.9. The molecule has 0 spiro atoms. The summed E-state index contributed by atoms with van der Waals surface area (Å²) in [6.45, 7) is 5.71. The van der Waals surface area contributed by atoms with Gasteiger partial charge in [-0.15, -0.1) is 5.10 Å². The molecule has 3 heterocycles. The van der Waals surface area contributed by atoms with Crippen LogP contribution in [0.3, 0.4) is 0 Å². The van der Waals surface area contributed by atoms with Crippen molar-refractivity contribution in [3.63, 3.8) is 0 Å². The minimum absolute atomic E-state index is 0.0316. The lowest BCUT2D eigenvalue weighted by molar-refractivity contribution is 0.0804. The summed E-state index contributed by atoms with van der Waals surface area (Å²) in [5.74, 6) is 0.781. The van der Waals surface area contributed by atoms with Crippen molar-refractivity contribution in [1.29, 1.82) is 0 Å². The first-order valence-electron chi connectivity index (χ1n) is 7.65. The molecular formula is C13H23N7O. The van der Waals surface area contributed by atoms with E-state index in [1.54, 1.807) is 11.7 Å². The van der Waals surface area contributed by atoms with Gasteiger partial charge in [-0.25, -0.2) is 9.48 Å². The lowest BCUT2D eigenvalue weighted by Gasteiger charge is -2.42. The quantitative estimate of drug-likeness (QED) is 0.822. The van der Waals surface area contributed by atoms with Gasteiger partial charge in [0.25, 0.3) is 0 Å². The van der Waals surface area contributed by atoms with Crippen LogP contribution < -0.4 is 5.32 Å². The zero-order chi connectivity index (χ0) is 14.8. The molecule has 116 valence electrons. The largest absolute Gasteiger partial charge is 0.338 e. The maximum Gasteiger partial charge on any atom is 0.317 e. The average Bonchev–Trinajstić information content (AvgIpc) is 3.06. The zero-order valence-corrected chi connectivity index (χ0v) is 12.7. The van der Waals surface area contributed by atoms with E-state index < -0.39 is 0 Å². The van der Waals surface area contributed by atoms with Crippen molar-refractivity contribution in [2.45, 2.75) is 38.3 Å². The summed E-state index contributed by atoms with van der Waals surface area (Å²) in [5.41, 5.74) is 0. The van der Waals surface area contributed by atoms with Crippen molar-refractivity contribution in [3.05, 3.63) is 5.82 Å². The molecule has 1 aromatic rings. The molecule has 2 amide bonds. The molecule has 2 unspecified atom stereocenters. The van der Waals surface area contributed by atoms with Crippen LogP contribution in [0.2, 0.25) is 0 Å². The van der Waals surface area contributed by atoms with E-state index in [-0.39, 0.29) is 12.1 Å². The second kappa shape index (κ2) is 5.97. The van der Waals surface area contributed by atoms with Crippen LogP contribution in [-0.2, 0) is 13.5 Å². The second-order valence-electron chi connectivity index (χ2n) is 5.99. The summed E-state index contributed by atoms with van der Waals surface area (Å²) in [7, 11) is 1.80. The third kappa shape index (κ3) is 2.99. The maximum atomic E-state index is 12.3. The number of piperazine rings is 1. The molecule has 0 saturated carbocycles. The minimum atomic E-state index is 0.0316. The number of fused-ring (bicyclic) bond motifs is 1. The Balaban J connectivity index is 1.49. The fraction of sp³-hybridized carbons (Fsp3) is 0.846. The fourth-order valence-corrected chi connectivity index (χ4v) is 3.31. The van der Waals surface area contributed by atoms with Crippen LogP contribution >= 0.6 is 0 Å². The Kier molecular flexibility index (Phi) is 4.05. The molecule has 2 atom stereocenters. The summed E-state index contributed by atoms with van der Waals surface area (Å²) in [4.78, 5) is 16.8. The first kappa shape index (κ1) is 14.2. The fourth-order valence-electron chi connectivity index (χ4n) is 3.31. The second-order valence-corrected chi connectivity index (χ2v) is 5.99. The van der Waals surface area contributed by atoms with Crippen LogP contribution in [-0.4, -0.2) is 74.3 Å². The molecule has 1 N–H and O–H groups in total. The van der Waals surface area contributed by atoms with Gasteiger partial charge in [-0.3, -0.25) is 4.90 Å². The third-order valence-electron chi connectivity index (χ3n) is 4.53. The SMILES string of the molecule is CC1CN2CCCC2CN1C(=O)NCCc1nnnn1C. The number of nitrogens with zero attached hydrogens (tertiary/aromatic N) is 6. The number of rotatable bonds is 3. The molecule has 3 rings (SSSR count). The highest BCUT2D eigenvalue weighted by atomic mass is 16.2. The van der Waals surface area contributed by atoms with E-state index in [0.717, 1.165) is 18.9 Å². The molecule has 2 fully saturated rings. The van der Waals surface area contributed by atoms with E-state index in [1.807, 2.05) is 4.90 Å². The van der Waals surface area contributed by atoms with E-state index in [1.165, 1.54) is 19.4 Å². The third-order valence-corrected chi connectivity index (χ3v) is 4.53. The number of aromatic nitrogens is 4. The number of aryl methyl sites for hydroxylation is 1. The molecule has 21 heavy (non-hydrogen) atoms. The van der Waals surface area contributed by atoms with Crippen molar-refractivity contribution < 1.29 is 4.79 Å². The Hall–Kier alpha value is -1.70. The van der Waals surface area contributed by atoms with Gasteiger partial charge in [0.2, 0.25) is 0 Å². The van der Waals surface area contributed by atoms with Crippen molar-refractivity contribution in [3.8, 4) is 0 Å². The first-order valence-corrected chi connectivity index (χ1v) is 7.65. The van der Waals surface area contributed by atoms with Crippen molar-refractivity contribution in [1.82, 2.24) is 35.3 Å². The zero-order valence-electron chi connectivity index (χ0n) is 12.7. The van der Waals surface area contributed by atoms with E-state index in [4.69, 9.17) is 0 Å². The summed E-state index contributed by atoms with van der Waals surface area (Å²) in [6.07, 6.45) is 3.11. The van der Waals surface area contributed by atoms with E-state index in [2.05, 4.69) is 32.7 Å². The van der Waals surface area contributed by atoms with Gasteiger partial charge in [0.05, 0.1) is 0 Å². The van der Waals surface area contributed by atoms with Crippen LogP contribution in [0.25, 0.3) is 0 Å². The number of tetrazole rings is 1. The lowest BCUT2D eigenvalue weighted by Crippen LogP contribution is -2.59. The number of carbonyl (C=O) groups excluding carboxylic acids is 1. The highest BCUT2D eigenvalue weighted by molar-refractivity contribution is 5.74. The Morgan fingerprint density at radius 1 is 1.43 bits per heavy atom. The summed E-state index contributed by atoms with van der Waals surface area (Å²) in [6, 6.07) is 0.856. The van der Waals surface area contributed by atoms with E-state index in [0.29, 0.717) is 19.0 Å². The molecule has 1 aromatic heterocycles. The topological polar surface area (TPSA) is 79.2 Å². The average molecular weight is 293 g/mol. The van der Waals surface area contributed by atoms with Crippen LogP contribution in [0.1, 0.15) is 25.6 Å². The van der Waals surface area contributed by atoms with Gasteiger partial charge in [0.15, 0.2) is 5.82 Å². The molecule has 0 radical (unpaired) electrons. The lowest BCUT2D eigenvalue weighted by atomic mass is 10.1. The van der Waals surface area contributed by atoms with Gasteiger partial charge >= 0.3 is 6.03 Å². The Morgan fingerprint density at radius 2 is 2.29 bits per heavy atom. The number of urea groups is 1. The molecule has 2 saturated heterocycles. The number of hydrogen-bond donors (Lipinski definition) is 1. The van der Waals surface area contributed by atoms with Crippen molar-refractivity contribution in [2.24, 2.45) is 7.05 Å². The molecule has 0 aliphatic carbocycles. The Labute approximate surface area is 124 Å². The number of hydrogen-bond acceptors (Lipinski definition) is 5. The van der Waals surface area contributed by atoms with E-state index >= 15 is 0 Å². The van der Waals surface area contributed by atoms with Crippen LogP contribution in [0, 0.1) is 0 Å². The van der Waals surface area contributed by atoms with Crippen molar-refractivity contribution >= 4 is 6.03 Å². The van der Waals surface area contributed by atoms with Crippen LogP contribution in [0.15, 0.2) is 0 Å². The highest BCUT2D eigenvalue weighted by Crippen LogP contribution is 2.24. The summed E-state index contributed by atoms with van der Waals surface area (Å²) >= 11 is 0. The Bertz CT molecular complexity index is 502. The first-order chi connectivity index (χ1) is 10.1. The minimum Gasteiger partial charge on any atom is -0.338 e. The Morgan fingerprint density at radius 3 is 3.05 bits per heavy atom. The van der Waals surface area contributed by atoms with E-state index in [9.17, 15) is 4.79 Å². The van der Waals surface area contributed by atoms with Gasteiger partial charge in [-0.2, -0.15) is 0 Å². The van der Waals surface area contributed by atoms with Crippen molar-refractivity contribution in [2.75, 3.05) is 26.2 Å². The van der Waals surface area contributed by atoms with Gasteiger partial charge in [0.1, 0.15) is 0 Å².